The Balaban J connectivity index is -0.00000000450. The van der Waals surface area contributed by atoms with Crippen LogP contribution in [0.5, 0.6) is 0 Å². The van der Waals surface area contributed by atoms with Crippen molar-refractivity contribution in [1.82, 2.24) is 0 Å². The highest BCUT2D eigenvalue weighted by Gasteiger charge is 1.55. The molecule has 0 spiro atoms. The Bertz CT molecular complexity index is 19.0. The molecular formula is C3H17Cl2NO3. The summed E-state index contributed by atoms with van der Waals surface area (Å²) in [5.41, 5.74) is 5.03. The SMILES string of the molecule is CCCN.Cl.Cl.O.O.O. The zero-order valence-electron chi connectivity index (χ0n) is 5.31. The van der Waals surface area contributed by atoms with Crippen LogP contribution in [0.25, 0.3) is 0 Å². The van der Waals surface area contributed by atoms with E-state index in [1.165, 1.54) is 0 Å². The van der Waals surface area contributed by atoms with Crippen LogP contribution in [0.2, 0.25) is 0 Å². The summed E-state index contributed by atoms with van der Waals surface area (Å²) in [7, 11) is 0. The molecule has 0 aromatic carbocycles. The van der Waals surface area contributed by atoms with E-state index < -0.39 is 0 Å². The number of hydrogen-bond donors (Lipinski definition) is 1. The van der Waals surface area contributed by atoms with Gasteiger partial charge in [-0.2, -0.15) is 0 Å². The highest BCUT2D eigenvalue weighted by molar-refractivity contribution is 5.85. The summed E-state index contributed by atoms with van der Waals surface area (Å²) in [6, 6.07) is 0. The van der Waals surface area contributed by atoms with E-state index in [1.54, 1.807) is 0 Å². The molecule has 0 aliphatic rings. The van der Waals surface area contributed by atoms with Crippen molar-refractivity contribution in [1.29, 1.82) is 0 Å². The number of nitrogens with two attached hydrogens (primary N) is 1. The van der Waals surface area contributed by atoms with E-state index in [2.05, 4.69) is 6.92 Å². The highest BCUT2D eigenvalue weighted by atomic mass is 35.5. The molecule has 0 saturated carbocycles. The maximum Gasteiger partial charge on any atom is -0.00799 e. The quantitative estimate of drug-likeness (QED) is 0.539. The summed E-state index contributed by atoms with van der Waals surface area (Å²) < 4.78 is 0. The Morgan fingerprint density at radius 1 is 1.00 bits per heavy atom. The zero-order chi connectivity index (χ0) is 3.41. The van der Waals surface area contributed by atoms with Gasteiger partial charge in [-0.1, -0.05) is 6.92 Å². The summed E-state index contributed by atoms with van der Waals surface area (Å²) in [6.07, 6.45) is 1.10. The van der Waals surface area contributed by atoms with Crippen LogP contribution in [0.15, 0.2) is 0 Å². The third kappa shape index (κ3) is 172. The fraction of sp³-hybridized carbons (Fsp3) is 1.00. The van der Waals surface area contributed by atoms with Gasteiger partial charge in [-0.05, 0) is 13.0 Å². The Morgan fingerprint density at radius 2 is 1.11 bits per heavy atom. The van der Waals surface area contributed by atoms with E-state index >= 15 is 0 Å². The predicted octanol–water partition coefficient (Wildman–Crippen LogP) is -1.28. The van der Waals surface area contributed by atoms with Crippen molar-refractivity contribution in [3.05, 3.63) is 0 Å². The van der Waals surface area contributed by atoms with Crippen molar-refractivity contribution in [2.75, 3.05) is 6.54 Å². The summed E-state index contributed by atoms with van der Waals surface area (Å²) in [4.78, 5) is 0. The van der Waals surface area contributed by atoms with Crippen molar-refractivity contribution >= 4 is 24.8 Å². The molecule has 0 heterocycles. The Hall–Kier alpha value is 0.420. The van der Waals surface area contributed by atoms with Crippen LogP contribution in [-0.2, 0) is 0 Å². The predicted molar refractivity (Wildman–Crippen MR) is 44.7 cm³/mol. The Labute approximate surface area is 67.6 Å². The largest absolute Gasteiger partial charge is 0.412 e. The van der Waals surface area contributed by atoms with Crippen LogP contribution in [0, 0.1) is 0 Å². The van der Waals surface area contributed by atoms with E-state index in [-0.39, 0.29) is 41.2 Å². The molecule has 0 amide bonds. The normalized spacial score (nSPS) is 3.33. The van der Waals surface area contributed by atoms with Crippen LogP contribution in [0.4, 0.5) is 0 Å². The lowest BCUT2D eigenvalue weighted by Crippen LogP contribution is -1.93. The minimum Gasteiger partial charge on any atom is -0.412 e. The van der Waals surface area contributed by atoms with Gasteiger partial charge in [0.25, 0.3) is 0 Å². The minimum atomic E-state index is 0. The third-order valence-electron chi connectivity index (χ3n) is 0.289. The van der Waals surface area contributed by atoms with Crippen LogP contribution in [-0.4, -0.2) is 23.0 Å². The Kier molecular flexibility index (Phi) is 502. The number of rotatable bonds is 1. The molecule has 4 nitrogen and oxygen atoms in total. The second-order valence-corrected chi connectivity index (χ2v) is 0.789. The molecule has 0 unspecified atom stereocenters. The molecule has 0 aromatic rings. The lowest BCUT2D eigenvalue weighted by Gasteiger charge is -1.70. The standard InChI is InChI=1S/C3H9N.2ClH.3H2O/c1-2-3-4;;;;;/h2-4H2,1H3;2*1H;3*1H2. The van der Waals surface area contributed by atoms with Crippen molar-refractivity contribution in [3.8, 4) is 0 Å². The molecule has 0 aliphatic carbocycles. The van der Waals surface area contributed by atoms with Crippen LogP contribution >= 0.6 is 24.8 Å². The minimum absolute atomic E-state index is 0. The third-order valence-corrected chi connectivity index (χ3v) is 0.289. The van der Waals surface area contributed by atoms with Crippen molar-refractivity contribution < 1.29 is 16.4 Å². The fourth-order valence-electron chi connectivity index (χ4n) is 0. The Morgan fingerprint density at radius 3 is 1.11 bits per heavy atom. The van der Waals surface area contributed by atoms with Gasteiger partial charge in [0.2, 0.25) is 0 Å². The molecule has 0 saturated heterocycles. The van der Waals surface area contributed by atoms with Crippen LogP contribution < -0.4 is 5.73 Å². The molecular weight excluding hydrogens is 169 g/mol. The average Bonchev–Trinajstić information content (AvgIpc) is 1.37. The van der Waals surface area contributed by atoms with Gasteiger partial charge in [-0.25, -0.2) is 0 Å². The van der Waals surface area contributed by atoms with Crippen molar-refractivity contribution in [2.45, 2.75) is 13.3 Å². The molecule has 0 bridgehead atoms. The van der Waals surface area contributed by atoms with Gasteiger partial charge in [0, 0.05) is 0 Å². The summed E-state index contributed by atoms with van der Waals surface area (Å²) in [6.45, 7) is 2.88. The maximum absolute atomic E-state index is 5.03. The van der Waals surface area contributed by atoms with E-state index in [1.807, 2.05) is 0 Å². The molecule has 0 fully saturated rings. The topological polar surface area (TPSA) is 121 Å². The molecule has 6 heteroatoms. The first-order chi connectivity index (χ1) is 1.91. The van der Waals surface area contributed by atoms with Gasteiger partial charge in [0.05, 0.1) is 0 Å². The molecule has 0 aliphatic heterocycles. The molecule has 0 aromatic heterocycles. The average molecular weight is 186 g/mol. The first kappa shape index (κ1) is 57.1. The summed E-state index contributed by atoms with van der Waals surface area (Å²) in [5.74, 6) is 0. The first-order valence-electron chi connectivity index (χ1n) is 1.62. The first-order valence-corrected chi connectivity index (χ1v) is 1.62. The van der Waals surface area contributed by atoms with E-state index in [0.29, 0.717) is 0 Å². The van der Waals surface area contributed by atoms with Gasteiger partial charge in [-0.15, -0.1) is 24.8 Å². The highest BCUT2D eigenvalue weighted by Crippen LogP contribution is 1.57. The lowest BCUT2D eigenvalue weighted by atomic mass is 10.5. The molecule has 0 radical (unpaired) electrons. The van der Waals surface area contributed by atoms with Gasteiger partial charge in [0.1, 0.15) is 0 Å². The molecule has 66 valence electrons. The van der Waals surface area contributed by atoms with Gasteiger partial charge in [0.15, 0.2) is 0 Å². The summed E-state index contributed by atoms with van der Waals surface area (Å²) >= 11 is 0. The molecule has 8 N–H and O–H groups in total. The van der Waals surface area contributed by atoms with Gasteiger partial charge >= 0.3 is 0 Å². The smallest absolute Gasteiger partial charge is 0.00799 e. The lowest BCUT2D eigenvalue weighted by molar-refractivity contribution is 0.823. The van der Waals surface area contributed by atoms with Gasteiger partial charge in [-0.3, -0.25) is 0 Å². The van der Waals surface area contributed by atoms with E-state index in [9.17, 15) is 0 Å². The number of hydrogen-bond acceptors (Lipinski definition) is 1. The molecule has 9 heavy (non-hydrogen) atoms. The fourth-order valence-corrected chi connectivity index (χ4v) is 0. The molecule has 0 rings (SSSR count). The second kappa shape index (κ2) is 79.2. The van der Waals surface area contributed by atoms with E-state index in [4.69, 9.17) is 5.73 Å². The summed E-state index contributed by atoms with van der Waals surface area (Å²) in [5, 5.41) is 0. The number of halogens is 2. The monoisotopic (exact) mass is 185 g/mol. The van der Waals surface area contributed by atoms with Crippen molar-refractivity contribution in [3.63, 3.8) is 0 Å². The van der Waals surface area contributed by atoms with Crippen LogP contribution in [0.1, 0.15) is 13.3 Å². The molecule has 0 atom stereocenters. The maximum atomic E-state index is 5.03. The van der Waals surface area contributed by atoms with Gasteiger partial charge < -0.3 is 22.2 Å². The zero-order valence-corrected chi connectivity index (χ0v) is 6.94. The second-order valence-electron chi connectivity index (χ2n) is 0.789. The van der Waals surface area contributed by atoms with Crippen LogP contribution in [0.3, 0.4) is 0 Å². The van der Waals surface area contributed by atoms with Crippen molar-refractivity contribution in [2.24, 2.45) is 5.73 Å². The van der Waals surface area contributed by atoms with E-state index in [0.717, 1.165) is 13.0 Å².